The Morgan fingerprint density at radius 2 is 2.05 bits per heavy atom. The number of ether oxygens (including phenoxy) is 2. The summed E-state index contributed by atoms with van der Waals surface area (Å²) in [6.07, 6.45) is 0.778. The first-order valence-electron chi connectivity index (χ1n) is 13.9. The average Bonchev–Trinajstić information content (AvgIpc) is 3.57. The van der Waals surface area contributed by atoms with Gasteiger partial charge in [0.15, 0.2) is 5.82 Å². The van der Waals surface area contributed by atoms with Gasteiger partial charge < -0.3 is 20.1 Å². The molecule has 0 bridgehead atoms. The van der Waals surface area contributed by atoms with E-state index in [1.165, 1.54) is 18.3 Å². The first-order valence-corrected chi connectivity index (χ1v) is 13.9. The fourth-order valence-corrected chi connectivity index (χ4v) is 6.16. The van der Waals surface area contributed by atoms with Crippen LogP contribution in [0.1, 0.15) is 48.5 Å². The number of pyridine rings is 1. The van der Waals surface area contributed by atoms with Crippen LogP contribution in [0.4, 0.5) is 23.4 Å². The van der Waals surface area contributed by atoms with Crippen LogP contribution in [0.15, 0.2) is 30.5 Å². The summed E-state index contributed by atoms with van der Waals surface area (Å²) in [7, 11) is 0. The van der Waals surface area contributed by atoms with E-state index in [1.54, 1.807) is 0 Å². The number of nitrogens with zero attached hydrogens (tertiary/aromatic N) is 3. The third-order valence-electron chi connectivity index (χ3n) is 8.24. The highest BCUT2D eigenvalue weighted by Gasteiger charge is 2.40. The SMILES string of the molecule is O=C(CNc1n[nH]c2ccc(C(F)(F)F)cc12)NC1CN(C2CCCOCC2)C[C@@H]1OC1CCc2cc(F)ncc21. The quantitative estimate of drug-likeness (QED) is 0.289. The molecule has 9 nitrogen and oxygen atoms in total. The molecule has 2 aliphatic heterocycles. The normalized spacial score (nSPS) is 25.3. The van der Waals surface area contributed by atoms with Crippen LogP contribution in [0, 0.1) is 5.95 Å². The lowest BCUT2D eigenvalue weighted by Crippen LogP contribution is -2.46. The van der Waals surface area contributed by atoms with Crippen LogP contribution in [0.3, 0.4) is 0 Å². The van der Waals surface area contributed by atoms with Crippen molar-refractivity contribution in [2.24, 2.45) is 0 Å². The molecule has 1 amide bonds. The number of rotatable bonds is 7. The lowest BCUT2D eigenvalue weighted by atomic mass is 10.1. The monoisotopic (exact) mass is 576 g/mol. The van der Waals surface area contributed by atoms with Crippen LogP contribution < -0.4 is 10.6 Å². The molecule has 3 N–H and O–H groups in total. The summed E-state index contributed by atoms with van der Waals surface area (Å²) in [4.78, 5) is 19.2. The first kappa shape index (κ1) is 27.9. The van der Waals surface area contributed by atoms with Gasteiger partial charge in [0, 0.05) is 49.5 Å². The van der Waals surface area contributed by atoms with E-state index in [-0.39, 0.29) is 41.9 Å². The molecule has 2 fully saturated rings. The molecule has 3 aliphatic rings. The highest BCUT2D eigenvalue weighted by atomic mass is 19.4. The third-order valence-corrected chi connectivity index (χ3v) is 8.24. The zero-order valence-electron chi connectivity index (χ0n) is 22.3. The van der Waals surface area contributed by atoms with Gasteiger partial charge in [0.25, 0.3) is 0 Å². The highest BCUT2D eigenvalue weighted by Crippen LogP contribution is 2.37. The van der Waals surface area contributed by atoms with Crippen molar-refractivity contribution in [3.05, 3.63) is 53.1 Å². The molecule has 0 radical (unpaired) electrons. The van der Waals surface area contributed by atoms with Crippen molar-refractivity contribution in [3.8, 4) is 0 Å². The van der Waals surface area contributed by atoms with E-state index in [2.05, 4.69) is 30.7 Å². The number of aromatic amines is 1. The first-order chi connectivity index (χ1) is 19.7. The standard InChI is InChI=1S/C28H32F4N6O3/c29-25-10-16-3-6-23(20(16)12-33-25)41-24-15-38(18-2-1-8-40-9-7-18)14-22(24)35-26(39)13-34-27-19-11-17(28(30,31)32)4-5-21(19)36-37-27/h4-5,10-12,18,22-24H,1-3,6-9,13-15H2,(H,35,39)(H2,34,36,37)/t18?,22?,23?,24-/m0/s1. The van der Waals surface area contributed by atoms with Gasteiger partial charge in [0.05, 0.1) is 35.9 Å². The Balaban J connectivity index is 1.14. The topological polar surface area (TPSA) is 104 Å². The number of halogens is 4. The smallest absolute Gasteiger partial charge is 0.381 e. The van der Waals surface area contributed by atoms with Gasteiger partial charge in [-0.3, -0.25) is 14.8 Å². The van der Waals surface area contributed by atoms with Gasteiger partial charge in [-0.25, -0.2) is 4.98 Å². The summed E-state index contributed by atoms with van der Waals surface area (Å²) in [6, 6.07) is 4.77. The number of benzene rings is 1. The highest BCUT2D eigenvalue weighted by molar-refractivity contribution is 5.92. The van der Waals surface area contributed by atoms with Crippen molar-refractivity contribution in [1.82, 2.24) is 25.4 Å². The number of amides is 1. The fourth-order valence-electron chi connectivity index (χ4n) is 6.16. The third kappa shape index (κ3) is 6.16. The van der Waals surface area contributed by atoms with Gasteiger partial charge in [-0.2, -0.15) is 22.7 Å². The summed E-state index contributed by atoms with van der Waals surface area (Å²) >= 11 is 0. The number of hydrogen-bond donors (Lipinski definition) is 3. The zero-order chi connectivity index (χ0) is 28.6. The van der Waals surface area contributed by atoms with Gasteiger partial charge in [-0.15, -0.1) is 0 Å². The van der Waals surface area contributed by atoms with E-state index in [4.69, 9.17) is 9.47 Å². The zero-order valence-corrected chi connectivity index (χ0v) is 22.3. The van der Waals surface area contributed by atoms with Gasteiger partial charge in [0.2, 0.25) is 11.9 Å². The summed E-state index contributed by atoms with van der Waals surface area (Å²) in [5.74, 6) is -0.667. The maximum absolute atomic E-state index is 13.6. The van der Waals surface area contributed by atoms with Crippen molar-refractivity contribution < 1.29 is 31.8 Å². The molecule has 2 aromatic heterocycles. The van der Waals surface area contributed by atoms with E-state index in [0.717, 1.165) is 49.1 Å². The van der Waals surface area contributed by atoms with Crippen molar-refractivity contribution in [2.45, 2.75) is 62.6 Å². The van der Waals surface area contributed by atoms with Crippen LogP contribution in [0.5, 0.6) is 0 Å². The number of carbonyl (C=O) groups excluding carboxylic acids is 1. The summed E-state index contributed by atoms with van der Waals surface area (Å²) in [6.45, 7) is 2.49. The number of carbonyl (C=O) groups is 1. The fraction of sp³-hybridized carbons (Fsp3) is 0.536. The Labute approximate surface area is 234 Å². The Morgan fingerprint density at radius 1 is 1.17 bits per heavy atom. The number of fused-ring (bicyclic) bond motifs is 2. The average molecular weight is 577 g/mol. The van der Waals surface area contributed by atoms with Gasteiger partial charge >= 0.3 is 6.18 Å². The molecule has 1 aliphatic carbocycles. The van der Waals surface area contributed by atoms with Crippen molar-refractivity contribution in [2.75, 3.05) is 38.2 Å². The second kappa shape index (κ2) is 11.5. The maximum Gasteiger partial charge on any atom is 0.416 e. The van der Waals surface area contributed by atoms with Gasteiger partial charge in [-0.05, 0) is 61.9 Å². The molecule has 6 rings (SSSR count). The Kier molecular flexibility index (Phi) is 7.84. The second-order valence-electron chi connectivity index (χ2n) is 10.9. The molecule has 2 saturated heterocycles. The molecule has 13 heteroatoms. The molecule has 4 atom stereocenters. The Hall–Kier alpha value is -3.29. The molecule has 3 unspecified atom stereocenters. The minimum atomic E-state index is -4.49. The summed E-state index contributed by atoms with van der Waals surface area (Å²) in [5, 5.41) is 12.9. The van der Waals surface area contributed by atoms with E-state index < -0.39 is 17.7 Å². The molecule has 1 aromatic carbocycles. The minimum Gasteiger partial charge on any atom is -0.381 e. The number of H-pyrrole nitrogens is 1. The van der Waals surface area contributed by atoms with E-state index >= 15 is 0 Å². The lowest BCUT2D eigenvalue weighted by molar-refractivity contribution is -0.137. The molecule has 3 aromatic rings. The number of alkyl halides is 3. The molecule has 0 spiro atoms. The Morgan fingerprint density at radius 3 is 2.90 bits per heavy atom. The van der Waals surface area contributed by atoms with Crippen LogP contribution >= 0.6 is 0 Å². The minimum absolute atomic E-state index is 0.169. The van der Waals surface area contributed by atoms with Crippen LogP contribution in [0.2, 0.25) is 0 Å². The van der Waals surface area contributed by atoms with E-state index in [9.17, 15) is 22.4 Å². The number of aromatic nitrogens is 3. The number of hydrogen-bond acceptors (Lipinski definition) is 7. The largest absolute Gasteiger partial charge is 0.416 e. The number of nitrogens with one attached hydrogen (secondary N) is 3. The molecule has 0 saturated carbocycles. The Bertz CT molecular complexity index is 1390. The van der Waals surface area contributed by atoms with Crippen molar-refractivity contribution >= 4 is 22.6 Å². The molecule has 220 valence electrons. The molecular formula is C28H32F4N6O3. The van der Waals surface area contributed by atoms with Crippen molar-refractivity contribution in [1.29, 1.82) is 0 Å². The van der Waals surface area contributed by atoms with Crippen LogP contribution in [-0.2, 0) is 26.9 Å². The van der Waals surface area contributed by atoms with Gasteiger partial charge in [0.1, 0.15) is 0 Å². The van der Waals surface area contributed by atoms with Crippen molar-refractivity contribution in [3.63, 3.8) is 0 Å². The molecule has 4 heterocycles. The maximum atomic E-state index is 13.6. The van der Waals surface area contributed by atoms with Gasteiger partial charge in [-0.1, -0.05) is 0 Å². The predicted molar refractivity (Wildman–Crippen MR) is 142 cm³/mol. The van der Waals surface area contributed by atoms with Crippen LogP contribution in [-0.4, -0.2) is 77.0 Å². The number of aryl methyl sites for hydroxylation is 1. The van der Waals surface area contributed by atoms with E-state index in [0.29, 0.717) is 44.1 Å². The summed E-state index contributed by atoms with van der Waals surface area (Å²) in [5.41, 5.74) is 1.41. The van der Waals surface area contributed by atoms with E-state index in [1.807, 2.05) is 0 Å². The lowest BCUT2D eigenvalue weighted by Gasteiger charge is -2.26. The molecular weight excluding hydrogens is 544 g/mol. The molecule has 41 heavy (non-hydrogen) atoms. The van der Waals surface area contributed by atoms with Crippen LogP contribution in [0.25, 0.3) is 10.9 Å². The summed E-state index contributed by atoms with van der Waals surface area (Å²) < 4.78 is 65.5. The second-order valence-corrected chi connectivity index (χ2v) is 10.9. The number of likely N-dealkylation sites (tertiary alicyclic amines) is 1. The predicted octanol–water partition coefficient (Wildman–Crippen LogP) is 3.97. The number of anilines is 1.